The minimum absolute atomic E-state index is 1.19. The van der Waals surface area contributed by atoms with Crippen LogP contribution in [0.5, 0.6) is 0 Å². The highest BCUT2D eigenvalue weighted by molar-refractivity contribution is 5.48. The molecule has 0 N–H and O–H groups in total. The summed E-state index contributed by atoms with van der Waals surface area (Å²) in [7, 11) is 0. The largest absolute Gasteiger partial charge is 0.0871 e. The Morgan fingerprint density at radius 1 is 1.38 bits per heavy atom. The summed E-state index contributed by atoms with van der Waals surface area (Å²) in [4.78, 5) is 0. The van der Waals surface area contributed by atoms with Gasteiger partial charge in [0.25, 0.3) is 0 Å². The highest BCUT2D eigenvalue weighted by Crippen LogP contribution is 2.22. The third-order valence-electron chi connectivity index (χ3n) is 2.30. The molecule has 1 aliphatic rings. The van der Waals surface area contributed by atoms with Crippen LogP contribution in [-0.4, -0.2) is 0 Å². The molecule has 0 aromatic heterocycles. The van der Waals surface area contributed by atoms with E-state index < -0.39 is 0 Å². The van der Waals surface area contributed by atoms with Gasteiger partial charge in [-0.1, -0.05) is 36.0 Å². The van der Waals surface area contributed by atoms with Gasteiger partial charge in [0.1, 0.15) is 0 Å². The Morgan fingerprint density at radius 2 is 2.15 bits per heavy atom. The summed E-state index contributed by atoms with van der Waals surface area (Å²) >= 11 is 0. The van der Waals surface area contributed by atoms with Crippen LogP contribution in [0.4, 0.5) is 0 Å². The number of rotatable bonds is 2. The Kier molecular flexibility index (Phi) is 3.75. The molecular weight excluding hydrogens is 156 g/mol. The second kappa shape index (κ2) is 4.86. The maximum absolute atomic E-state index is 2.32. The van der Waals surface area contributed by atoms with Gasteiger partial charge in [0.05, 0.1) is 0 Å². The second-order valence-electron chi connectivity index (χ2n) is 3.43. The third-order valence-corrected chi connectivity index (χ3v) is 2.30. The van der Waals surface area contributed by atoms with Gasteiger partial charge in [0, 0.05) is 0 Å². The quantitative estimate of drug-likeness (QED) is 0.551. The van der Waals surface area contributed by atoms with Crippen molar-refractivity contribution in [2.75, 3.05) is 0 Å². The van der Waals surface area contributed by atoms with Gasteiger partial charge in [-0.25, -0.2) is 0 Å². The molecule has 0 saturated heterocycles. The average molecular weight is 174 g/mol. The highest BCUT2D eigenvalue weighted by atomic mass is 14.1. The Hall–Kier alpha value is -1.04. The Labute approximate surface area is 81.4 Å². The summed E-state index contributed by atoms with van der Waals surface area (Å²) in [5.41, 5.74) is 4.20. The molecule has 0 aliphatic heterocycles. The van der Waals surface area contributed by atoms with Crippen LogP contribution in [0.25, 0.3) is 0 Å². The first-order chi connectivity index (χ1) is 6.27. The van der Waals surface area contributed by atoms with Gasteiger partial charge in [-0.3, -0.25) is 0 Å². The van der Waals surface area contributed by atoms with Crippen LogP contribution in [0, 0.1) is 0 Å². The molecule has 0 unspecified atom stereocenters. The Bertz CT molecular complexity index is 285. The standard InChI is InChI=1S/C13H18/c1-4-7-12(5-2)13-9-6-8-11(3)10-13/h4-5,7,9-10H,6,8H2,1-3H3. The fourth-order valence-corrected chi connectivity index (χ4v) is 1.59. The van der Waals surface area contributed by atoms with Crippen molar-refractivity contribution in [3.8, 4) is 0 Å². The second-order valence-corrected chi connectivity index (χ2v) is 3.43. The van der Waals surface area contributed by atoms with E-state index in [1.165, 1.54) is 29.6 Å². The van der Waals surface area contributed by atoms with Crippen molar-refractivity contribution >= 4 is 0 Å². The maximum atomic E-state index is 2.32. The van der Waals surface area contributed by atoms with Gasteiger partial charge in [-0.05, 0) is 44.8 Å². The zero-order chi connectivity index (χ0) is 9.68. The molecule has 0 spiro atoms. The van der Waals surface area contributed by atoms with Gasteiger partial charge < -0.3 is 0 Å². The van der Waals surface area contributed by atoms with Gasteiger partial charge >= 0.3 is 0 Å². The number of allylic oxidation sites excluding steroid dienone is 8. The van der Waals surface area contributed by atoms with Crippen molar-refractivity contribution in [3.63, 3.8) is 0 Å². The molecule has 0 aromatic rings. The molecule has 0 bridgehead atoms. The number of hydrogen-bond acceptors (Lipinski definition) is 0. The molecule has 0 nitrogen and oxygen atoms in total. The summed E-state index contributed by atoms with van der Waals surface area (Å²) in [6.45, 7) is 6.35. The van der Waals surface area contributed by atoms with Gasteiger partial charge in [0.2, 0.25) is 0 Å². The van der Waals surface area contributed by atoms with E-state index in [0.717, 1.165) is 0 Å². The smallest absolute Gasteiger partial charge is 0.0228 e. The zero-order valence-corrected chi connectivity index (χ0v) is 8.80. The van der Waals surface area contributed by atoms with E-state index >= 15 is 0 Å². The molecular formula is C13H18. The van der Waals surface area contributed by atoms with Crippen LogP contribution in [0.2, 0.25) is 0 Å². The van der Waals surface area contributed by atoms with Crippen LogP contribution in [-0.2, 0) is 0 Å². The summed E-state index contributed by atoms with van der Waals surface area (Å²) in [6.07, 6.45) is 13.4. The lowest BCUT2D eigenvalue weighted by Gasteiger charge is -2.11. The molecule has 0 heteroatoms. The fraction of sp³-hybridized carbons (Fsp3) is 0.385. The average Bonchev–Trinajstić information content (AvgIpc) is 2.14. The Morgan fingerprint density at radius 3 is 2.69 bits per heavy atom. The van der Waals surface area contributed by atoms with Gasteiger partial charge in [-0.2, -0.15) is 0 Å². The lowest BCUT2D eigenvalue weighted by molar-refractivity contribution is 0.949. The summed E-state index contributed by atoms with van der Waals surface area (Å²) in [5, 5.41) is 0. The van der Waals surface area contributed by atoms with Crippen LogP contribution >= 0.6 is 0 Å². The summed E-state index contributed by atoms with van der Waals surface area (Å²) in [6, 6.07) is 0. The maximum Gasteiger partial charge on any atom is -0.0228 e. The van der Waals surface area contributed by atoms with Crippen molar-refractivity contribution in [2.24, 2.45) is 0 Å². The van der Waals surface area contributed by atoms with E-state index in [1.54, 1.807) is 0 Å². The monoisotopic (exact) mass is 174 g/mol. The van der Waals surface area contributed by atoms with E-state index in [1.807, 2.05) is 0 Å². The lowest BCUT2D eigenvalue weighted by Crippen LogP contribution is -1.91. The van der Waals surface area contributed by atoms with Crippen molar-refractivity contribution in [2.45, 2.75) is 33.6 Å². The predicted molar refractivity (Wildman–Crippen MR) is 59.6 cm³/mol. The van der Waals surface area contributed by atoms with E-state index in [4.69, 9.17) is 0 Å². The third kappa shape index (κ3) is 2.73. The zero-order valence-electron chi connectivity index (χ0n) is 8.80. The SMILES string of the molecule is CC=CC(=CC)C1=CCCC(C)=C1. The molecule has 0 heterocycles. The predicted octanol–water partition coefficient (Wildman–Crippen LogP) is 4.18. The molecule has 0 amide bonds. The number of hydrogen-bond donors (Lipinski definition) is 0. The first kappa shape index (κ1) is 10.0. The minimum Gasteiger partial charge on any atom is -0.0871 e. The normalized spacial score (nSPS) is 18.8. The van der Waals surface area contributed by atoms with Gasteiger partial charge in [0.15, 0.2) is 0 Å². The van der Waals surface area contributed by atoms with E-state index in [-0.39, 0.29) is 0 Å². The summed E-state index contributed by atoms with van der Waals surface area (Å²) in [5.74, 6) is 0. The molecule has 0 fully saturated rings. The topological polar surface area (TPSA) is 0 Å². The molecule has 0 saturated carbocycles. The molecule has 70 valence electrons. The van der Waals surface area contributed by atoms with E-state index in [9.17, 15) is 0 Å². The first-order valence-corrected chi connectivity index (χ1v) is 4.94. The molecule has 0 atom stereocenters. The van der Waals surface area contributed by atoms with Crippen LogP contribution < -0.4 is 0 Å². The van der Waals surface area contributed by atoms with Crippen LogP contribution in [0.1, 0.15) is 33.6 Å². The lowest BCUT2D eigenvalue weighted by atomic mass is 9.95. The first-order valence-electron chi connectivity index (χ1n) is 4.94. The Balaban J connectivity index is 2.88. The van der Waals surface area contributed by atoms with E-state index in [2.05, 4.69) is 51.2 Å². The summed E-state index contributed by atoms with van der Waals surface area (Å²) < 4.78 is 0. The van der Waals surface area contributed by atoms with Crippen molar-refractivity contribution in [1.82, 2.24) is 0 Å². The van der Waals surface area contributed by atoms with E-state index in [0.29, 0.717) is 0 Å². The highest BCUT2D eigenvalue weighted by Gasteiger charge is 2.03. The molecule has 1 rings (SSSR count). The van der Waals surface area contributed by atoms with Crippen molar-refractivity contribution in [1.29, 1.82) is 0 Å². The molecule has 1 aliphatic carbocycles. The van der Waals surface area contributed by atoms with Crippen molar-refractivity contribution in [3.05, 3.63) is 47.1 Å². The molecule has 0 aromatic carbocycles. The molecule has 13 heavy (non-hydrogen) atoms. The van der Waals surface area contributed by atoms with Crippen molar-refractivity contribution < 1.29 is 0 Å². The fourth-order valence-electron chi connectivity index (χ4n) is 1.59. The molecule has 0 radical (unpaired) electrons. The van der Waals surface area contributed by atoms with Crippen LogP contribution in [0.3, 0.4) is 0 Å². The minimum atomic E-state index is 1.19. The van der Waals surface area contributed by atoms with Gasteiger partial charge in [-0.15, -0.1) is 0 Å². The van der Waals surface area contributed by atoms with Crippen LogP contribution in [0.15, 0.2) is 47.1 Å².